The van der Waals surface area contributed by atoms with E-state index in [9.17, 15) is 0 Å². The van der Waals surface area contributed by atoms with Crippen molar-refractivity contribution in [1.29, 1.82) is 0 Å². The first-order valence-electron chi connectivity index (χ1n) is 6.18. The molecule has 0 aliphatic heterocycles. The highest BCUT2D eigenvalue weighted by Crippen LogP contribution is 2.25. The van der Waals surface area contributed by atoms with Crippen molar-refractivity contribution in [3.8, 4) is 5.75 Å². The normalized spacial score (nSPS) is 10.8. The molecule has 0 saturated carbocycles. The standard InChI is InChI=1S/C14H19N3O/c1-10(2)12-5-3-4-6-13(12)18-8-7-11-9-14(15)17-16-11/h3-6,9-10H,7-8H2,1-2H3,(H3,15,16,17). The molecule has 1 heterocycles. The molecule has 4 heteroatoms. The second-order valence-corrected chi connectivity index (χ2v) is 4.61. The van der Waals surface area contributed by atoms with Gasteiger partial charge < -0.3 is 10.5 Å². The minimum atomic E-state index is 0.462. The van der Waals surface area contributed by atoms with Crippen molar-refractivity contribution in [3.63, 3.8) is 0 Å². The van der Waals surface area contributed by atoms with Crippen molar-refractivity contribution in [2.75, 3.05) is 12.3 Å². The monoisotopic (exact) mass is 245 g/mol. The van der Waals surface area contributed by atoms with Gasteiger partial charge in [-0.3, -0.25) is 5.10 Å². The molecule has 1 aromatic carbocycles. The van der Waals surface area contributed by atoms with E-state index in [1.807, 2.05) is 24.3 Å². The van der Waals surface area contributed by atoms with E-state index in [0.717, 1.165) is 17.9 Å². The number of hydrogen-bond acceptors (Lipinski definition) is 3. The molecule has 0 aliphatic rings. The zero-order chi connectivity index (χ0) is 13.0. The Kier molecular flexibility index (Phi) is 3.87. The van der Waals surface area contributed by atoms with Gasteiger partial charge in [0, 0.05) is 18.2 Å². The Hall–Kier alpha value is -1.97. The Morgan fingerprint density at radius 1 is 1.33 bits per heavy atom. The summed E-state index contributed by atoms with van der Waals surface area (Å²) in [4.78, 5) is 0. The Morgan fingerprint density at radius 2 is 2.11 bits per heavy atom. The summed E-state index contributed by atoms with van der Waals surface area (Å²) in [5.41, 5.74) is 7.77. The molecule has 0 aliphatic carbocycles. The van der Waals surface area contributed by atoms with E-state index in [0.29, 0.717) is 18.3 Å². The fourth-order valence-electron chi connectivity index (χ4n) is 1.87. The van der Waals surface area contributed by atoms with Crippen LogP contribution in [0.25, 0.3) is 0 Å². The average molecular weight is 245 g/mol. The summed E-state index contributed by atoms with van der Waals surface area (Å²) in [6, 6.07) is 9.98. The molecule has 96 valence electrons. The number of benzene rings is 1. The summed E-state index contributed by atoms with van der Waals surface area (Å²) >= 11 is 0. The number of nitrogens with zero attached hydrogens (tertiary/aromatic N) is 1. The molecule has 0 fully saturated rings. The molecule has 0 bridgehead atoms. The van der Waals surface area contributed by atoms with Crippen LogP contribution in [0.5, 0.6) is 5.75 Å². The Labute approximate surface area is 107 Å². The quantitative estimate of drug-likeness (QED) is 0.851. The van der Waals surface area contributed by atoms with Gasteiger partial charge in [0.05, 0.1) is 6.61 Å². The van der Waals surface area contributed by atoms with Gasteiger partial charge in [0.2, 0.25) is 0 Å². The second kappa shape index (κ2) is 5.58. The van der Waals surface area contributed by atoms with E-state index >= 15 is 0 Å². The number of anilines is 1. The third-order valence-electron chi connectivity index (χ3n) is 2.82. The highest BCUT2D eigenvalue weighted by molar-refractivity contribution is 5.35. The number of para-hydroxylation sites is 1. The largest absolute Gasteiger partial charge is 0.493 e. The van der Waals surface area contributed by atoms with Crippen LogP contribution in [0.15, 0.2) is 30.3 Å². The molecule has 1 aromatic heterocycles. The highest BCUT2D eigenvalue weighted by Gasteiger charge is 2.06. The van der Waals surface area contributed by atoms with Crippen LogP contribution >= 0.6 is 0 Å². The number of nitrogens with one attached hydrogen (secondary N) is 1. The molecule has 4 nitrogen and oxygen atoms in total. The first kappa shape index (κ1) is 12.5. The van der Waals surface area contributed by atoms with Crippen LogP contribution in [0.4, 0.5) is 5.82 Å². The molecular formula is C14H19N3O. The number of rotatable bonds is 5. The fourth-order valence-corrected chi connectivity index (χ4v) is 1.87. The predicted octanol–water partition coefficient (Wildman–Crippen LogP) is 2.74. The van der Waals surface area contributed by atoms with Gasteiger partial charge in [-0.05, 0) is 17.5 Å². The van der Waals surface area contributed by atoms with Crippen molar-refractivity contribution in [2.45, 2.75) is 26.2 Å². The maximum absolute atomic E-state index is 5.82. The number of nitrogens with two attached hydrogens (primary N) is 1. The fraction of sp³-hybridized carbons (Fsp3) is 0.357. The molecule has 0 amide bonds. The zero-order valence-electron chi connectivity index (χ0n) is 10.8. The predicted molar refractivity (Wildman–Crippen MR) is 72.7 cm³/mol. The van der Waals surface area contributed by atoms with Gasteiger partial charge in [-0.1, -0.05) is 32.0 Å². The molecule has 18 heavy (non-hydrogen) atoms. The van der Waals surface area contributed by atoms with Crippen LogP contribution < -0.4 is 10.5 Å². The Balaban J connectivity index is 1.94. The third-order valence-corrected chi connectivity index (χ3v) is 2.82. The van der Waals surface area contributed by atoms with Crippen molar-refractivity contribution in [2.24, 2.45) is 0 Å². The molecule has 0 saturated heterocycles. The lowest BCUT2D eigenvalue weighted by Crippen LogP contribution is -2.04. The number of nitrogen functional groups attached to an aromatic ring is 1. The molecule has 0 spiro atoms. The van der Waals surface area contributed by atoms with Crippen LogP contribution in [0, 0.1) is 0 Å². The number of hydrogen-bond donors (Lipinski definition) is 2. The number of H-pyrrole nitrogens is 1. The van der Waals surface area contributed by atoms with Crippen LogP contribution in [0.3, 0.4) is 0 Å². The Bertz CT molecular complexity index is 505. The van der Waals surface area contributed by atoms with Gasteiger partial charge in [-0.25, -0.2) is 0 Å². The third kappa shape index (κ3) is 3.03. The van der Waals surface area contributed by atoms with Crippen molar-refractivity contribution in [1.82, 2.24) is 10.2 Å². The average Bonchev–Trinajstić information content (AvgIpc) is 2.75. The highest BCUT2D eigenvalue weighted by atomic mass is 16.5. The number of ether oxygens (including phenoxy) is 1. The van der Waals surface area contributed by atoms with Gasteiger partial charge in [0.1, 0.15) is 11.6 Å². The van der Waals surface area contributed by atoms with Gasteiger partial charge in [-0.15, -0.1) is 0 Å². The molecule has 2 rings (SSSR count). The van der Waals surface area contributed by atoms with Crippen LogP contribution in [-0.2, 0) is 6.42 Å². The minimum Gasteiger partial charge on any atom is -0.493 e. The van der Waals surface area contributed by atoms with Crippen LogP contribution in [0.1, 0.15) is 31.0 Å². The second-order valence-electron chi connectivity index (χ2n) is 4.61. The SMILES string of the molecule is CC(C)c1ccccc1OCCc1cc(N)n[nH]1. The van der Waals surface area contributed by atoms with Crippen molar-refractivity contribution in [3.05, 3.63) is 41.6 Å². The summed E-state index contributed by atoms with van der Waals surface area (Å²) in [5, 5.41) is 6.76. The summed E-state index contributed by atoms with van der Waals surface area (Å²) in [6.07, 6.45) is 0.774. The smallest absolute Gasteiger partial charge is 0.145 e. The molecule has 2 aromatic rings. The lowest BCUT2D eigenvalue weighted by atomic mass is 10.0. The minimum absolute atomic E-state index is 0.462. The molecular weight excluding hydrogens is 226 g/mol. The maximum Gasteiger partial charge on any atom is 0.145 e. The number of aromatic amines is 1. The summed E-state index contributed by atoms with van der Waals surface area (Å²) in [7, 11) is 0. The molecule has 0 unspecified atom stereocenters. The number of aromatic nitrogens is 2. The van der Waals surface area contributed by atoms with Crippen molar-refractivity contribution < 1.29 is 4.74 Å². The zero-order valence-corrected chi connectivity index (χ0v) is 10.8. The van der Waals surface area contributed by atoms with E-state index in [1.165, 1.54) is 5.56 Å². The van der Waals surface area contributed by atoms with Gasteiger partial charge in [-0.2, -0.15) is 5.10 Å². The van der Waals surface area contributed by atoms with Gasteiger partial charge >= 0.3 is 0 Å². The van der Waals surface area contributed by atoms with Gasteiger partial charge in [0.25, 0.3) is 0 Å². The first-order valence-corrected chi connectivity index (χ1v) is 6.18. The lowest BCUT2D eigenvalue weighted by Gasteiger charge is -2.13. The maximum atomic E-state index is 5.82. The topological polar surface area (TPSA) is 63.9 Å². The lowest BCUT2D eigenvalue weighted by molar-refractivity contribution is 0.316. The van der Waals surface area contributed by atoms with E-state index in [-0.39, 0.29) is 0 Å². The molecule has 3 N–H and O–H groups in total. The van der Waals surface area contributed by atoms with E-state index in [4.69, 9.17) is 10.5 Å². The van der Waals surface area contributed by atoms with Crippen molar-refractivity contribution >= 4 is 5.82 Å². The first-order chi connectivity index (χ1) is 8.66. The van der Waals surface area contributed by atoms with E-state index in [2.05, 4.69) is 30.1 Å². The van der Waals surface area contributed by atoms with E-state index < -0.39 is 0 Å². The summed E-state index contributed by atoms with van der Waals surface area (Å²) in [6.45, 7) is 4.95. The molecule has 0 radical (unpaired) electrons. The van der Waals surface area contributed by atoms with Crippen LogP contribution in [-0.4, -0.2) is 16.8 Å². The summed E-state index contributed by atoms with van der Waals surface area (Å²) < 4.78 is 5.82. The van der Waals surface area contributed by atoms with Crippen LogP contribution in [0.2, 0.25) is 0 Å². The Morgan fingerprint density at radius 3 is 2.78 bits per heavy atom. The van der Waals surface area contributed by atoms with E-state index in [1.54, 1.807) is 0 Å². The molecule has 0 atom stereocenters. The van der Waals surface area contributed by atoms with Gasteiger partial charge in [0.15, 0.2) is 0 Å². The summed E-state index contributed by atoms with van der Waals surface area (Å²) in [5.74, 6) is 1.94.